The maximum absolute atomic E-state index is 5.61. The Bertz CT molecular complexity index is 248. The van der Waals surface area contributed by atoms with E-state index >= 15 is 0 Å². The van der Waals surface area contributed by atoms with Crippen LogP contribution in [0.25, 0.3) is 0 Å². The van der Waals surface area contributed by atoms with Gasteiger partial charge < -0.3 is 5.43 Å². The molecule has 1 rings (SSSR count). The Hall–Kier alpha value is -0.955. The minimum atomic E-state index is 0.777. The molecule has 0 saturated carbocycles. The lowest BCUT2D eigenvalue weighted by Gasteiger charge is -2.09. The predicted octanol–water partition coefficient (Wildman–Crippen LogP) is 0.383. The molecule has 0 fully saturated rings. The van der Waals surface area contributed by atoms with Gasteiger partial charge in [0.05, 0.1) is 5.69 Å². The van der Waals surface area contributed by atoms with Gasteiger partial charge >= 0.3 is 0 Å². The summed E-state index contributed by atoms with van der Waals surface area (Å²) < 4.78 is 0. The third-order valence-corrected chi connectivity index (χ3v) is 1.70. The molecule has 1 aromatic rings. The van der Waals surface area contributed by atoms with E-state index in [1.165, 1.54) is 0 Å². The second-order valence-electron chi connectivity index (χ2n) is 2.67. The van der Waals surface area contributed by atoms with Crippen molar-refractivity contribution < 1.29 is 0 Å². The molecule has 0 amide bonds. The Balaban J connectivity index is 3.25. The summed E-state index contributed by atoms with van der Waals surface area (Å²) >= 11 is 0. The first-order chi connectivity index (χ1) is 5.15. The van der Waals surface area contributed by atoms with E-state index < -0.39 is 0 Å². The SMILES string of the molecule is [B]c1cc(C)c(NN)c(C)c1. The number of hydrogen-bond donors (Lipinski definition) is 2. The Morgan fingerprint density at radius 1 is 1.27 bits per heavy atom. The van der Waals surface area contributed by atoms with Crippen LogP contribution in [0.3, 0.4) is 0 Å². The lowest BCUT2D eigenvalue weighted by atomic mass is 9.91. The van der Waals surface area contributed by atoms with Gasteiger partial charge in [0.25, 0.3) is 0 Å². The zero-order valence-corrected chi connectivity index (χ0v) is 6.81. The number of anilines is 1. The van der Waals surface area contributed by atoms with E-state index in [4.69, 9.17) is 13.7 Å². The predicted molar refractivity (Wildman–Crippen MR) is 49.1 cm³/mol. The van der Waals surface area contributed by atoms with E-state index in [-0.39, 0.29) is 0 Å². The van der Waals surface area contributed by atoms with Gasteiger partial charge in [-0.05, 0) is 25.0 Å². The molecule has 2 nitrogen and oxygen atoms in total. The van der Waals surface area contributed by atoms with Gasteiger partial charge in [-0.1, -0.05) is 17.6 Å². The quantitative estimate of drug-likeness (QED) is 0.341. The number of rotatable bonds is 1. The van der Waals surface area contributed by atoms with Gasteiger partial charge in [0, 0.05) is 0 Å². The summed E-state index contributed by atoms with van der Waals surface area (Å²) in [6, 6.07) is 3.78. The first kappa shape index (κ1) is 8.14. The number of hydrazine groups is 1. The zero-order chi connectivity index (χ0) is 8.43. The monoisotopic (exact) mass is 146 g/mol. The Labute approximate surface area is 68.2 Å². The summed E-state index contributed by atoms with van der Waals surface area (Å²) in [6.45, 7) is 3.94. The van der Waals surface area contributed by atoms with Gasteiger partial charge in [-0.15, -0.1) is 0 Å². The van der Waals surface area contributed by atoms with Crippen LogP contribution in [0.1, 0.15) is 11.1 Å². The second-order valence-corrected chi connectivity index (χ2v) is 2.67. The molecule has 0 aliphatic carbocycles. The molecule has 0 aliphatic heterocycles. The second kappa shape index (κ2) is 2.97. The van der Waals surface area contributed by atoms with Crippen molar-refractivity contribution in [3.63, 3.8) is 0 Å². The first-order valence-corrected chi connectivity index (χ1v) is 3.48. The summed E-state index contributed by atoms with van der Waals surface area (Å²) in [7, 11) is 5.61. The molecular formula is C8H11BN2. The van der Waals surface area contributed by atoms with Crippen molar-refractivity contribution in [2.24, 2.45) is 5.84 Å². The molecule has 0 heterocycles. The average Bonchev–Trinajstić information content (AvgIpc) is 1.85. The molecule has 0 aromatic heterocycles. The van der Waals surface area contributed by atoms with Gasteiger partial charge in [-0.3, -0.25) is 5.84 Å². The molecule has 0 atom stereocenters. The highest BCUT2D eigenvalue weighted by atomic mass is 15.2. The third kappa shape index (κ3) is 1.55. The van der Waals surface area contributed by atoms with Crippen LogP contribution in [0.15, 0.2) is 12.1 Å². The number of nitrogens with two attached hydrogens (primary N) is 1. The van der Waals surface area contributed by atoms with E-state index in [1.807, 2.05) is 26.0 Å². The molecule has 0 unspecified atom stereocenters. The smallest absolute Gasteiger partial charge is 0.113 e. The summed E-state index contributed by atoms with van der Waals surface area (Å²) in [6.07, 6.45) is 0. The third-order valence-electron chi connectivity index (χ3n) is 1.70. The minimum absolute atomic E-state index is 0.777. The fraction of sp³-hybridized carbons (Fsp3) is 0.250. The van der Waals surface area contributed by atoms with Crippen molar-refractivity contribution in [3.8, 4) is 0 Å². The van der Waals surface area contributed by atoms with Crippen LogP contribution in [0.4, 0.5) is 5.69 Å². The molecule has 0 spiro atoms. The Morgan fingerprint density at radius 3 is 2.09 bits per heavy atom. The van der Waals surface area contributed by atoms with Crippen LogP contribution in [0, 0.1) is 13.8 Å². The summed E-state index contributed by atoms with van der Waals surface area (Å²) in [5.74, 6) is 5.31. The minimum Gasteiger partial charge on any atom is -0.324 e. The van der Waals surface area contributed by atoms with Gasteiger partial charge in [0.15, 0.2) is 0 Å². The summed E-state index contributed by atoms with van der Waals surface area (Å²) in [4.78, 5) is 0. The molecule has 0 aliphatic rings. The van der Waals surface area contributed by atoms with E-state index in [1.54, 1.807) is 0 Å². The fourth-order valence-electron chi connectivity index (χ4n) is 1.22. The lowest BCUT2D eigenvalue weighted by molar-refractivity contribution is 1.28. The normalized spacial score (nSPS) is 9.73. The Kier molecular flexibility index (Phi) is 2.20. The molecule has 1 aromatic carbocycles. The van der Waals surface area contributed by atoms with Gasteiger partial charge in [-0.25, -0.2) is 0 Å². The maximum Gasteiger partial charge on any atom is 0.113 e. The van der Waals surface area contributed by atoms with Crippen molar-refractivity contribution in [1.82, 2.24) is 0 Å². The van der Waals surface area contributed by atoms with Crippen molar-refractivity contribution in [2.45, 2.75) is 13.8 Å². The first-order valence-electron chi connectivity index (χ1n) is 3.48. The molecular weight excluding hydrogens is 135 g/mol. The standard InChI is InChI=1S/C8H11BN2/c1-5-3-7(9)4-6(2)8(5)11-10/h3-4,11H,10H2,1-2H3. The lowest BCUT2D eigenvalue weighted by Crippen LogP contribution is -2.13. The van der Waals surface area contributed by atoms with Crippen LogP contribution < -0.4 is 16.7 Å². The van der Waals surface area contributed by atoms with Crippen LogP contribution in [0.5, 0.6) is 0 Å². The van der Waals surface area contributed by atoms with Gasteiger partial charge in [-0.2, -0.15) is 0 Å². The zero-order valence-electron chi connectivity index (χ0n) is 6.81. The summed E-state index contributed by atoms with van der Waals surface area (Å²) in [5, 5.41) is 0. The van der Waals surface area contributed by atoms with E-state index in [0.29, 0.717) is 0 Å². The van der Waals surface area contributed by atoms with Crippen molar-refractivity contribution >= 4 is 19.0 Å². The highest BCUT2D eigenvalue weighted by Crippen LogP contribution is 2.15. The number of aryl methyl sites for hydroxylation is 2. The molecule has 56 valence electrons. The average molecular weight is 146 g/mol. The van der Waals surface area contributed by atoms with Crippen LogP contribution in [-0.4, -0.2) is 7.85 Å². The molecule has 2 radical (unpaired) electrons. The molecule has 0 bridgehead atoms. The Morgan fingerprint density at radius 2 is 1.73 bits per heavy atom. The highest BCUT2D eigenvalue weighted by Gasteiger charge is 1.99. The molecule has 3 N–H and O–H groups in total. The molecule has 3 heteroatoms. The topological polar surface area (TPSA) is 38.0 Å². The number of nitrogens with one attached hydrogen (secondary N) is 1. The fourth-order valence-corrected chi connectivity index (χ4v) is 1.22. The maximum atomic E-state index is 5.61. The van der Waals surface area contributed by atoms with Crippen molar-refractivity contribution in [2.75, 3.05) is 5.43 Å². The largest absolute Gasteiger partial charge is 0.324 e. The van der Waals surface area contributed by atoms with Crippen LogP contribution >= 0.6 is 0 Å². The van der Waals surface area contributed by atoms with Gasteiger partial charge in [0.1, 0.15) is 7.85 Å². The molecule has 0 saturated heterocycles. The molecule has 11 heavy (non-hydrogen) atoms. The van der Waals surface area contributed by atoms with Gasteiger partial charge in [0.2, 0.25) is 0 Å². The van der Waals surface area contributed by atoms with Crippen molar-refractivity contribution in [3.05, 3.63) is 23.3 Å². The van der Waals surface area contributed by atoms with E-state index in [0.717, 1.165) is 22.3 Å². The van der Waals surface area contributed by atoms with E-state index in [2.05, 4.69) is 5.43 Å². The summed E-state index contributed by atoms with van der Waals surface area (Å²) in [5.41, 5.74) is 6.52. The van der Waals surface area contributed by atoms with Crippen molar-refractivity contribution in [1.29, 1.82) is 0 Å². The van der Waals surface area contributed by atoms with E-state index in [9.17, 15) is 0 Å². The number of hydrogen-bond acceptors (Lipinski definition) is 2. The van der Waals surface area contributed by atoms with Crippen LogP contribution in [0.2, 0.25) is 0 Å². The number of benzene rings is 1. The highest BCUT2D eigenvalue weighted by molar-refractivity contribution is 6.32. The number of nitrogen functional groups attached to an aromatic ring is 1. The van der Waals surface area contributed by atoms with Crippen LogP contribution in [-0.2, 0) is 0 Å².